The van der Waals surface area contributed by atoms with Crippen LogP contribution in [0, 0.1) is 0 Å². The zero-order valence-electron chi connectivity index (χ0n) is 18.7. The predicted octanol–water partition coefficient (Wildman–Crippen LogP) is 5.40. The van der Waals surface area contributed by atoms with Crippen molar-refractivity contribution in [3.63, 3.8) is 0 Å². The average molecular weight is 553 g/mol. The van der Waals surface area contributed by atoms with E-state index in [1.165, 1.54) is 18.9 Å². The summed E-state index contributed by atoms with van der Waals surface area (Å²) in [5.41, 5.74) is 1.23. The molecule has 0 spiro atoms. The van der Waals surface area contributed by atoms with Crippen molar-refractivity contribution in [3.8, 4) is 11.5 Å². The molecule has 0 unspecified atom stereocenters. The zero-order chi connectivity index (χ0) is 24.9. The topological polar surface area (TPSA) is 77.1 Å². The molecular weight excluding hydrogens is 531 g/mol. The van der Waals surface area contributed by atoms with Crippen molar-refractivity contribution in [1.82, 2.24) is 4.90 Å². The van der Waals surface area contributed by atoms with Gasteiger partial charge in [0.15, 0.2) is 18.1 Å². The molecule has 2 heterocycles. The summed E-state index contributed by atoms with van der Waals surface area (Å²) in [4.78, 5) is 27.3. The molecule has 2 amide bonds. The van der Waals surface area contributed by atoms with E-state index < -0.39 is 0 Å². The van der Waals surface area contributed by atoms with Crippen molar-refractivity contribution in [2.75, 3.05) is 32.2 Å². The van der Waals surface area contributed by atoms with E-state index >= 15 is 0 Å². The number of thiocarbonyl (C=S) groups is 1. The number of amides is 2. The number of anilines is 1. The molecule has 1 atom stereocenters. The van der Waals surface area contributed by atoms with Gasteiger partial charge in [0.1, 0.15) is 4.32 Å². The summed E-state index contributed by atoms with van der Waals surface area (Å²) < 4.78 is 17.2. The minimum absolute atomic E-state index is 0.0136. The average Bonchev–Trinajstić information content (AvgIpc) is 3.43. The lowest BCUT2D eigenvalue weighted by molar-refractivity contribution is -0.123. The second-order valence-corrected chi connectivity index (χ2v) is 10.3. The Balaban J connectivity index is 1.44. The van der Waals surface area contributed by atoms with Crippen molar-refractivity contribution in [3.05, 3.63) is 56.9 Å². The Morgan fingerprint density at radius 3 is 2.77 bits per heavy atom. The molecule has 2 aliphatic heterocycles. The largest absolute Gasteiger partial charge is 0.493 e. The minimum atomic E-state index is -0.371. The van der Waals surface area contributed by atoms with Crippen LogP contribution in [0.15, 0.2) is 41.3 Å². The van der Waals surface area contributed by atoms with Crippen LogP contribution in [0.4, 0.5) is 5.69 Å². The quantitative estimate of drug-likeness (QED) is 0.347. The maximum Gasteiger partial charge on any atom is 0.266 e. The van der Waals surface area contributed by atoms with Gasteiger partial charge in [0.25, 0.3) is 11.8 Å². The highest BCUT2D eigenvalue weighted by atomic mass is 35.5. The van der Waals surface area contributed by atoms with E-state index in [9.17, 15) is 9.59 Å². The van der Waals surface area contributed by atoms with Crippen LogP contribution in [-0.4, -0.2) is 54.0 Å². The van der Waals surface area contributed by atoms with Gasteiger partial charge in [0.05, 0.1) is 29.7 Å². The van der Waals surface area contributed by atoms with Gasteiger partial charge in [-0.25, -0.2) is 0 Å². The molecular formula is C24H22Cl2N2O5S2. The Hall–Kier alpha value is -2.30. The Bertz CT molecular complexity index is 1170. The lowest BCUT2D eigenvalue weighted by Crippen LogP contribution is -2.35. The van der Waals surface area contributed by atoms with E-state index in [-0.39, 0.29) is 35.3 Å². The van der Waals surface area contributed by atoms with Gasteiger partial charge in [0, 0.05) is 17.3 Å². The fourth-order valence-electron chi connectivity index (χ4n) is 3.63. The highest BCUT2D eigenvalue weighted by molar-refractivity contribution is 8.26. The smallest absolute Gasteiger partial charge is 0.266 e. The van der Waals surface area contributed by atoms with Crippen LogP contribution in [0.3, 0.4) is 0 Å². The van der Waals surface area contributed by atoms with Gasteiger partial charge >= 0.3 is 0 Å². The van der Waals surface area contributed by atoms with E-state index in [0.717, 1.165) is 12.8 Å². The van der Waals surface area contributed by atoms with Crippen LogP contribution in [0.5, 0.6) is 11.5 Å². The summed E-state index contributed by atoms with van der Waals surface area (Å²) in [6, 6.07) is 10.0. The second kappa shape index (κ2) is 11.6. The van der Waals surface area contributed by atoms with Gasteiger partial charge in [0.2, 0.25) is 0 Å². The molecule has 2 aromatic rings. The molecule has 0 aliphatic carbocycles. The number of halogens is 2. The van der Waals surface area contributed by atoms with Gasteiger partial charge in [-0.3, -0.25) is 14.5 Å². The molecule has 1 N–H and O–H groups in total. The van der Waals surface area contributed by atoms with Gasteiger partial charge < -0.3 is 19.5 Å². The Morgan fingerprint density at radius 1 is 1.31 bits per heavy atom. The van der Waals surface area contributed by atoms with E-state index in [0.29, 0.717) is 44.4 Å². The minimum Gasteiger partial charge on any atom is -0.493 e. The number of hydrogen-bond donors (Lipinski definition) is 1. The fraction of sp³-hybridized carbons (Fsp3) is 0.292. The highest BCUT2D eigenvalue weighted by Gasteiger charge is 2.34. The molecule has 7 nitrogen and oxygen atoms in total. The monoisotopic (exact) mass is 552 g/mol. The number of nitrogens with zero attached hydrogens (tertiary/aromatic N) is 1. The van der Waals surface area contributed by atoms with Gasteiger partial charge in [-0.1, -0.05) is 47.2 Å². The Kier molecular flexibility index (Phi) is 8.56. The van der Waals surface area contributed by atoms with Crippen molar-refractivity contribution in [2.45, 2.75) is 18.9 Å². The second-order valence-electron chi connectivity index (χ2n) is 7.81. The van der Waals surface area contributed by atoms with Gasteiger partial charge in [-0.05, 0) is 60.9 Å². The maximum absolute atomic E-state index is 12.9. The summed E-state index contributed by atoms with van der Waals surface area (Å²) in [5, 5.41) is 3.52. The summed E-state index contributed by atoms with van der Waals surface area (Å²) in [5.74, 6) is 0.0237. The predicted molar refractivity (Wildman–Crippen MR) is 142 cm³/mol. The number of nitrogens with one attached hydrogen (secondary N) is 1. The molecule has 184 valence electrons. The number of benzene rings is 2. The van der Waals surface area contributed by atoms with Crippen molar-refractivity contribution in [1.29, 1.82) is 0 Å². The first kappa shape index (κ1) is 25.8. The molecule has 2 saturated heterocycles. The lowest BCUT2D eigenvalue weighted by Gasteiger charge is -2.18. The lowest BCUT2D eigenvalue weighted by atomic mass is 10.1. The molecule has 0 radical (unpaired) electrons. The number of ether oxygens (including phenoxy) is 3. The highest BCUT2D eigenvalue weighted by Crippen LogP contribution is 2.39. The molecule has 0 aromatic heterocycles. The number of carbonyl (C=O) groups excluding carboxylic acids is 2. The number of carbonyl (C=O) groups is 2. The molecule has 11 heteroatoms. The number of methoxy groups -OCH3 is 1. The number of thioether (sulfide) groups is 1. The maximum atomic E-state index is 12.9. The van der Waals surface area contributed by atoms with Crippen LogP contribution in [-0.2, 0) is 14.3 Å². The molecule has 2 fully saturated rings. The molecule has 0 saturated carbocycles. The Labute approximate surface area is 222 Å². The molecule has 2 aromatic carbocycles. The van der Waals surface area contributed by atoms with Gasteiger partial charge in [-0.15, -0.1) is 0 Å². The summed E-state index contributed by atoms with van der Waals surface area (Å²) >= 11 is 18.9. The molecule has 4 rings (SSSR count). The third kappa shape index (κ3) is 6.48. The third-order valence-corrected chi connectivity index (χ3v) is 7.22. The standard InChI is InChI=1S/C24H22Cl2N2O5S2/c1-31-19-10-14(11-20-23(30)28(24(34)35-20)12-17-3-2-8-32-17)9-18(26)22(19)33-13-21(29)27-16-6-4-15(25)5-7-16/h4-7,9-11,17H,2-3,8,12-13H2,1H3,(H,27,29)/b20-11-/t17-/m1/s1. The van der Waals surface area contributed by atoms with E-state index in [2.05, 4.69) is 5.32 Å². The third-order valence-electron chi connectivity index (χ3n) is 5.31. The van der Waals surface area contributed by atoms with Crippen molar-refractivity contribution >= 4 is 75.1 Å². The molecule has 35 heavy (non-hydrogen) atoms. The first-order chi connectivity index (χ1) is 16.8. The number of hydrogen-bond acceptors (Lipinski definition) is 7. The van der Waals surface area contributed by atoms with Crippen LogP contribution >= 0.6 is 47.2 Å². The summed E-state index contributed by atoms with van der Waals surface area (Å²) in [7, 11) is 1.47. The first-order valence-corrected chi connectivity index (χ1v) is 12.7. The van der Waals surface area contributed by atoms with Crippen LogP contribution in [0.2, 0.25) is 10.0 Å². The van der Waals surface area contributed by atoms with E-state index in [1.807, 2.05) is 0 Å². The van der Waals surface area contributed by atoms with Crippen LogP contribution in [0.25, 0.3) is 6.08 Å². The molecule has 0 bridgehead atoms. The zero-order valence-corrected chi connectivity index (χ0v) is 21.9. The Morgan fingerprint density at radius 2 is 2.09 bits per heavy atom. The van der Waals surface area contributed by atoms with E-state index in [1.54, 1.807) is 47.4 Å². The summed E-state index contributed by atoms with van der Waals surface area (Å²) in [6.07, 6.45) is 3.63. The van der Waals surface area contributed by atoms with Gasteiger partial charge in [-0.2, -0.15) is 0 Å². The first-order valence-electron chi connectivity index (χ1n) is 10.8. The number of rotatable bonds is 8. The van der Waals surface area contributed by atoms with Crippen LogP contribution in [0.1, 0.15) is 18.4 Å². The SMILES string of the molecule is COc1cc(/C=C2\SC(=S)N(C[C@H]3CCCO3)C2=O)cc(Cl)c1OCC(=O)Nc1ccc(Cl)cc1. The molecule has 2 aliphatic rings. The van der Waals surface area contributed by atoms with Crippen LogP contribution < -0.4 is 14.8 Å². The fourth-order valence-corrected chi connectivity index (χ4v) is 5.31. The van der Waals surface area contributed by atoms with E-state index in [4.69, 9.17) is 49.6 Å². The summed E-state index contributed by atoms with van der Waals surface area (Å²) in [6.45, 7) is 0.891. The normalized spacial score (nSPS) is 18.9. The van der Waals surface area contributed by atoms with Crippen molar-refractivity contribution in [2.24, 2.45) is 0 Å². The van der Waals surface area contributed by atoms with Crippen molar-refractivity contribution < 1.29 is 23.8 Å².